The molecule has 0 bridgehead atoms. The summed E-state index contributed by atoms with van der Waals surface area (Å²) in [6, 6.07) is 11.6. The first-order valence-electron chi connectivity index (χ1n) is 9.80. The largest absolute Gasteiger partial charge is 0.483 e. The summed E-state index contributed by atoms with van der Waals surface area (Å²) in [6.45, 7) is 1.36. The zero-order valence-electron chi connectivity index (χ0n) is 15.9. The van der Waals surface area contributed by atoms with E-state index in [0.29, 0.717) is 24.5 Å². The van der Waals surface area contributed by atoms with Crippen molar-refractivity contribution in [2.24, 2.45) is 0 Å². The van der Waals surface area contributed by atoms with Crippen molar-refractivity contribution in [3.63, 3.8) is 0 Å². The van der Waals surface area contributed by atoms with Crippen molar-refractivity contribution < 1.29 is 9.53 Å². The van der Waals surface area contributed by atoms with E-state index >= 15 is 0 Å². The zero-order valence-corrected chi connectivity index (χ0v) is 15.9. The summed E-state index contributed by atoms with van der Waals surface area (Å²) in [4.78, 5) is 19.4. The number of rotatable bonds is 2. The van der Waals surface area contributed by atoms with Crippen molar-refractivity contribution >= 4 is 12.0 Å². The fourth-order valence-corrected chi connectivity index (χ4v) is 4.00. The van der Waals surface area contributed by atoms with Gasteiger partial charge in [-0.3, -0.25) is 9.36 Å². The summed E-state index contributed by atoms with van der Waals surface area (Å²) in [7, 11) is 0. The van der Waals surface area contributed by atoms with Crippen molar-refractivity contribution in [2.45, 2.75) is 24.9 Å². The Hall–Kier alpha value is -3.48. The predicted octanol–water partition coefficient (Wildman–Crippen LogP) is 3.13. The van der Waals surface area contributed by atoms with Crippen LogP contribution in [-0.4, -0.2) is 49.2 Å². The van der Waals surface area contributed by atoms with E-state index in [4.69, 9.17) is 4.74 Å². The molecule has 2 aliphatic rings. The first-order valence-corrected chi connectivity index (χ1v) is 9.80. The van der Waals surface area contributed by atoms with Crippen LogP contribution in [0.2, 0.25) is 0 Å². The Labute approximate surface area is 168 Å². The number of ether oxygens (including phenoxy) is 1. The van der Waals surface area contributed by atoms with Gasteiger partial charge >= 0.3 is 0 Å². The van der Waals surface area contributed by atoms with Gasteiger partial charge in [-0.2, -0.15) is 0 Å². The van der Waals surface area contributed by atoms with Gasteiger partial charge in [-0.1, -0.05) is 24.3 Å². The van der Waals surface area contributed by atoms with Crippen molar-refractivity contribution in [2.75, 3.05) is 13.1 Å². The number of hydrogen-bond donors (Lipinski definition) is 0. The van der Waals surface area contributed by atoms with Crippen LogP contribution in [-0.2, 0) is 0 Å². The van der Waals surface area contributed by atoms with Gasteiger partial charge in [0.15, 0.2) is 0 Å². The van der Waals surface area contributed by atoms with Gasteiger partial charge in [-0.25, -0.2) is 4.98 Å². The minimum Gasteiger partial charge on any atom is -0.483 e. The molecule has 1 spiro atoms. The molecule has 146 valence electrons. The van der Waals surface area contributed by atoms with E-state index in [2.05, 4.69) is 33.4 Å². The van der Waals surface area contributed by atoms with Crippen LogP contribution in [0.3, 0.4) is 0 Å². The van der Waals surface area contributed by atoms with Crippen LogP contribution >= 0.6 is 0 Å². The number of nitrogens with zero attached hydrogens (tertiary/aromatic N) is 5. The predicted molar refractivity (Wildman–Crippen MR) is 108 cm³/mol. The standard InChI is InChI=1S/C22H21N5O2/c28-21(18-7-11-23-20(14-18)27-15-24-25-16-27)26-12-3-8-22(10-13-26)9-6-17-4-1-2-5-19(17)29-22/h1-2,4-7,9,11,14-16H,3,8,10,12-13H2/t22-/m0/s1. The highest BCUT2D eigenvalue weighted by molar-refractivity contribution is 5.94. The minimum atomic E-state index is -0.338. The zero-order chi connectivity index (χ0) is 19.7. The van der Waals surface area contributed by atoms with E-state index in [1.54, 1.807) is 35.6 Å². The number of likely N-dealkylation sites (tertiary alicyclic amines) is 1. The van der Waals surface area contributed by atoms with Gasteiger partial charge in [0.2, 0.25) is 0 Å². The lowest BCUT2D eigenvalue weighted by Gasteiger charge is -2.34. The maximum Gasteiger partial charge on any atom is 0.254 e. The summed E-state index contributed by atoms with van der Waals surface area (Å²) in [5, 5.41) is 7.59. The van der Waals surface area contributed by atoms with Crippen LogP contribution in [0.4, 0.5) is 0 Å². The normalized spacial score (nSPS) is 20.8. The van der Waals surface area contributed by atoms with E-state index in [9.17, 15) is 4.79 Å². The molecule has 1 atom stereocenters. The third-order valence-electron chi connectivity index (χ3n) is 5.59. The van der Waals surface area contributed by atoms with Crippen LogP contribution in [0.15, 0.2) is 61.3 Å². The molecule has 4 heterocycles. The number of pyridine rings is 1. The Morgan fingerprint density at radius 2 is 1.93 bits per heavy atom. The summed E-state index contributed by atoms with van der Waals surface area (Å²) in [6.07, 6.45) is 11.6. The Kier molecular flexibility index (Phi) is 4.35. The van der Waals surface area contributed by atoms with E-state index in [1.165, 1.54) is 0 Å². The smallest absolute Gasteiger partial charge is 0.254 e. The van der Waals surface area contributed by atoms with Gasteiger partial charge < -0.3 is 9.64 Å². The molecule has 0 aliphatic carbocycles. The Balaban J connectivity index is 1.33. The number of benzene rings is 1. The lowest BCUT2D eigenvalue weighted by atomic mass is 9.91. The van der Waals surface area contributed by atoms with Crippen molar-refractivity contribution in [3.05, 3.63) is 72.5 Å². The van der Waals surface area contributed by atoms with Crippen molar-refractivity contribution in [1.29, 1.82) is 0 Å². The minimum absolute atomic E-state index is 0.0129. The van der Waals surface area contributed by atoms with E-state index in [0.717, 1.165) is 30.6 Å². The summed E-state index contributed by atoms with van der Waals surface area (Å²) < 4.78 is 8.08. The Bertz CT molecular complexity index is 1060. The second-order valence-electron chi connectivity index (χ2n) is 7.46. The molecule has 1 amide bonds. The summed E-state index contributed by atoms with van der Waals surface area (Å²) in [5.74, 6) is 1.56. The lowest BCUT2D eigenvalue weighted by molar-refractivity contribution is 0.0730. The number of fused-ring (bicyclic) bond motifs is 1. The molecule has 29 heavy (non-hydrogen) atoms. The van der Waals surface area contributed by atoms with Crippen molar-refractivity contribution in [1.82, 2.24) is 24.6 Å². The second-order valence-corrected chi connectivity index (χ2v) is 7.46. The molecule has 1 fully saturated rings. The second kappa shape index (κ2) is 7.16. The van der Waals surface area contributed by atoms with Gasteiger partial charge in [0.1, 0.15) is 29.8 Å². The van der Waals surface area contributed by atoms with Crippen LogP contribution in [0.5, 0.6) is 5.75 Å². The average molecular weight is 387 g/mol. The van der Waals surface area contributed by atoms with Gasteiger partial charge in [-0.05, 0) is 37.1 Å². The number of carbonyl (C=O) groups excluding carboxylic acids is 1. The highest BCUT2D eigenvalue weighted by Gasteiger charge is 2.35. The molecule has 7 nitrogen and oxygen atoms in total. The molecule has 5 rings (SSSR count). The number of aromatic nitrogens is 4. The molecule has 1 aromatic carbocycles. The van der Waals surface area contributed by atoms with Gasteiger partial charge in [0, 0.05) is 36.8 Å². The lowest BCUT2D eigenvalue weighted by Crippen LogP contribution is -2.38. The van der Waals surface area contributed by atoms with Crippen LogP contribution < -0.4 is 4.74 Å². The van der Waals surface area contributed by atoms with Crippen LogP contribution in [0.25, 0.3) is 11.9 Å². The molecule has 7 heteroatoms. The molecule has 0 radical (unpaired) electrons. The molecule has 1 saturated heterocycles. The molecule has 2 aromatic heterocycles. The SMILES string of the molecule is O=C(c1ccnc(-n2cnnc2)c1)N1CCC[C@]2(C=Cc3ccccc3O2)CC1. The van der Waals surface area contributed by atoms with Gasteiger partial charge in [0.05, 0.1) is 0 Å². The fourth-order valence-electron chi connectivity index (χ4n) is 4.00. The van der Waals surface area contributed by atoms with E-state index < -0.39 is 0 Å². The fraction of sp³-hybridized carbons (Fsp3) is 0.273. The third-order valence-corrected chi connectivity index (χ3v) is 5.59. The quantitative estimate of drug-likeness (QED) is 0.675. The van der Waals surface area contributed by atoms with Crippen molar-refractivity contribution in [3.8, 4) is 11.6 Å². The molecule has 2 aliphatic heterocycles. The van der Waals surface area contributed by atoms with Crippen LogP contribution in [0, 0.1) is 0 Å². The van der Waals surface area contributed by atoms with E-state index in [1.807, 2.05) is 23.1 Å². The molecule has 0 N–H and O–H groups in total. The highest BCUT2D eigenvalue weighted by Crippen LogP contribution is 2.37. The van der Waals surface area contributed by atoms with Gasteiger partial charge in [0.25, 0.3) is 5.91 Å². The maximum atomic E-state index is 13.1. The van der Waals surface area contributed by atoms with Crippen LogP contribution in [0.1, 0.15) is 35.2 Å². The highest BCUT2D eigenvalue weighted by atomic mass is 16.5. The maximum absolute atomic E-state index is 13.1. The topological polar surface area (TPSA) is 73.1 Å². The molecule has 3 aromatic rings. The third kappa shape index (κ3) is 3.40. The Morgan fingerprint density at radius 3 is 2.83 bits per heavy atom. The first kappa shape index (κ1) is 17.6. The monoisotopic (exact) mass is 387 g/mol. The molecular formula is C22H21N5O2. The Morgan fingerprint density at radius 1 is 1.07 bits per heavy atom. The first-order chi connectivity index (χ1) is 14.2. The summed E-state index contributed by atoms with van der Waals surface area (Å²) in [5.41, 5.74) is 1.38. The average Bonchev–Trinajstić information content (AvgIpc) is 3.23. The van der Waals surface area contributed by atoms with E-state index in [-0.39, 0.29) is 11.5 Å². The number of para-hydroxylation sites is 1. The molecule has 0 saturated carbocycles. The molecule has 0 unspecified atom stereocenters. The number of hydrogen-bond acceptors (Lipinski definition) is 5. The molecular weight excluding hydrogens is 366 g/mol. The van der Waals surface area contributed by atoms with Gasteiger partial charge in [-0.15, -0.1) is 10.2 Å². The number of carbonyl (C=O) groups is 1. The number of amides is 1. The summed E-state index contributed by atoms with van der Waals surface area (Å²) >= 11 is 0.